The quantitative estimate of drug-likeness (QED) is 0.457. The van der Waals surface area contributed by atoms with Gasteiger partial charge < -0.3 is 15.2 Å². The van der Waals surface area contributed by atoms with Crippen molar-refractivity contribution < 1.29 is 19.4 Å². The Bertz CT molecular complexity index is 255. The van der Waals surface area contributed by atoms with Crippen LogP contribution in [0.15, 0.2) is 0 Å². The van der Waals surface area contributed by atoms with E-state index >= 15 is 0 Å². The Hall–Kier alpha value is -0.750. The first-order valence-corrected chi connectivity index (χ1v) is 5.71. The molecule has 0 spiro atoms. The largest absolute Gasteiger partial charge is 0.464 e. The summed E-state index contributed by atoms with van der Waals surface area (Å²) in [6.45, 7) is 4.82. The van der Waals surface area contributed by atoms with Crippen molar-refractivity contribution in [3.8, 4) is 0 Å². The first kappa shape index (κ1) is 15.2. The molecule has 0 aromatic heterocycles. The summed E-state index contributed by atoms with van der Waals surface area (Å²) in [5, 5.41) is 11.5. The number of aliphatic hydroxyl groups excluding tert-OH is 1. The highest BCUT2D eigenvalue weighted by Crippen LogP contribution is 2.13. The third-order valence-corrected chi connectivity index (χ3v) is 2.43. The SMILES string of the molecule is CCOC(=O)[C@H](CS)NC(=O)C(C)(C)CO. The van der Waals surface area contributed by atoms with Gasteiger partial charge in [-0.25, -0.2) is 4.79 Å². The van der Waals surface area contributed by atoms with Crippen molar-refractivity contribution >= 4 is 24.5 Å². The fourth-order valence-corrected chi connectivity index (χ4v) is 1.09. The molecule has 0 aromatic carbocycles. The fraction of sp³-hybridized carbons (Fsp3) is 0.800. The second-order valence-electron chi connectivity index (χ2n) is 4.00. The van der Waals surface area contributed by atoms with E-state index in [1.165, 1.54) is 0 Å². The maximum Gasteiger partial charge on any atom is 0.329 e. The number of carbonyl (C=O) groups is 2. The van der Waals surface area contributed by atoms with Crippen molar-refractivity contribution in [1.29, 1.82) is 0 Å². The number of ether oxygens (including phenoxy) is 1. The Balaban J connectivity index is 4.44. The Labute approximate surface area is 101 Å². The molecule has 5 nitrogen and oxygen atoms in total. The van der Waals surface area contributed by atoms with E-state index in [9.17, 15) is 9.59 Å². The van der Waals surface area contributed by atoms with Crippen molar-refractivity contribution in [2.24, 2.45) is 5.41 Å². The summed E-state index contributed by atoms with van der Waals surface area (Å²) < 4.78 is 4.78. The molecule has 16 heavy (non-hydrogen) atoms. The number of hydrogen-bond acceptors (Lipinski definition) is 5. The summed E-state index contributed by atoms with van der Waals surface area (Å²) in [5.74, 6) is -0.756. The molecule has 0 bridgehead atoms. The van der Waals surface area contributed by atoms with Crippen LogP contribution in [0.4, 0.5) is 0 Å². The van der Waals surface area contributed by atoms with Crippen LogP contribution in [0.1, 0.15) is 20.8 Å². The van der Waals surface area contributed by atoms with Gasteiger partial charge in [0.2, 0.25) is 5.91 Å². The zero-order chi connectivity index (χ0) is 12.8. The Kier molecular flexibility index (Phi) is 6.43. The normalized spacial score (nSPS) is 13.1. The van der Waals surface area contributed by atoms with Crippen molar-refractivity contribution in [3.05, 3.63) is 0 Å². The van der Waals surface area contributed by atoms with Gasteiger partial charge in [0.15, 0.2) is 0 Å². The van der Waals surface area contributed by atoms with Crippen molar-refractivity contribution in [2.45, 2.75) is 26.8 Å². The minimum atomic E-state index is -0.923. The van der Waals surface area contributed by atoms with Gasteiger partial charge in [-0.3, -0.25) is 4.79 Å². The van der Waals surface area contributed by atoms with Crippen LogP contribution in [0.5, 0.6) is 0 Å². The monoisotopic (exact) mass is 249 g/mol. The summed E-state index contributed by atoms with van der Waals surface area (Å²) in [5.41, 5.74) is -0.923. The highest BCUT2D eigenvalue weighted by molar-refractivity contribution is 7.80. The molecule has 0 saturated heterocycles. The highest BCUT2D eigenvalue weighted by atomic mass is 32.1. The van der Waals surface area contributed by atoms with Crippen LogP contribution >= 0.6 is 12.6 Å². The lowest BCUT2D eigenvalue weighted by molar-refractivity contribution is -0.148. The molecule has 1 atom stereocenters. The minimum Gasteiger partial charge on any atom is -0.464 e. The van der Waals surface area contributed by atoms with Crippen LogP contribution in [-0.2, 0) is 14.3 Å². The molecular weight excluding hydrogens is 230 g/mol. The third kappa shape index (κ3) is 4.40. The molecule has 0 heterocycles. The van der Waals surface area contributed by atoms with Crippen molar-refractivity contribution in [2.75, 3.05) is 19.0 Å². The summed E-state index contributed by atoms with van der Waals surface area (Å²) in [4.78, 5) is 23.0. The fourth-order valence-electron chi connectivity index (χ4n) is 0.847. The molecule has 0 aromatic rings. The van der Waals surface area contributed by atoms with Crippen LogP contribution in [-0.4, -0.2) is 42.0 Å². The van der Waals surface area contributed by atoms with Crippen LogP contribution in [0, 0.1) is 5.41 Å². The summed E-state index contributed by atoms with van der Waals surface area (Å²) in [6.07, 6.45) is 0. The molecule has 0 radical (unpaired) electrons. The maximum absolute atomic E-state index is 11.7. The van der Waals surface area contributed by atoms with Gasteiger partial charge in [-0.2, -0.15) is 12.6 Å². The van der Waals surface area contributed by atoms with Gasteiger partial charge in [0.05, 0.1) is 18.6 Å². The second kappa shape index (κ2) is 6.75. The van der Waals surface area contributed by atoms with E-state index < -0.39 is 23.3 Å². The lowest BCUT2D eigenvalue weighted by Crippen LogP contribution is -2.49. The van der Waals surface area contributed by atoms with E-state index in [2.05, 4.69) is 17.9 Å². The maximum atomic E-state index is 11.7. The van der Waals surface area contributed by atoms with Crippen molar-refractivity contribution in [3.63, 3.8) is 0 Å². The van der Waals surface area contributed by atoms with E-state index in [1.807, 2.05) is 0 Å². The molecule has 0 aliphatic rings. The van der Waals surface area contributed by atoms with Crippen LogP contribution < -0.4 is 5.32 Å². The zero-order valence-electron chi connectivity index (χ0n) is 9.82. The first-order valence-electron chi connectivity index (χ1n) is 5.08. The molecule has 0 saturated carbocycles. The number of aliphatic hydroxyl groups is 1. The molecule has 2 N–H and O–H groups in total. The zero-order valence-corrected chi connectivity index (χ0v) is 10.7. The molecule has 0 fully saturated rings. The van der Waals surface area contributed by atoms with E-state index in [0.29, 0.717) is 0 Å². The molecule has 0 unspecified atom stereocenters. The number of amides is 1. The number of rotatable bonds is 6. The topological polar surface area (TPSA) is 75.6 Å². The standard InChI is InChI=1S/C10H19NO4S/c1-4-15-8(13)7(5-16)11-9(14)10(2,3)6-12/h7,12,16H,4-6H2,1-3H3,(H,11,14)/t7-/m0/s1. The molecule has 0 aliphatic heterocycles. The summed E-state index contributed by atoms with van der Waals surface area (Å²) >= 11 is 3.97. The first-order chi connectivity index (χ1) is 7.38. The average molecular weight is 249 g/mol. The highest BCUT2D eigenvalue weighted by Gasteiger charge is 2.30. The number of esters is 1. The van der Waals surface area contributed by atoms with Gasteiger partial charge in [0, 0.05) is 5.75 Å². The molecule has 1 amide bonds. The smallest absolute Gasteiger partial charge is 0.329 e. The van der Waals surface area contributed by atoms with E-state index in [1.54, 1.807) is 20.8 Å². The van der Waals surface area contributed by atoms with Gasteiger partial charge in [-0.15, -0.1) is 0 Å². The van der Waals surface area contributed by atoms with Crippen LogP contribution in [0.3, 0.4) is 0 Å². The molecule has 94 valence electrons. The number of carbonyl (C=O) groups excluding carboxylic acids is 2. The molecule has 0 rings (SSSR count). The van der Waals surface area contributed by atoms with Gasteiger partial charge in [-0.1, -0.05) is 0 Å². The Morgan fingerprint density at radius 1 is 1.50 bits per heavy atom. The number of nitrogens with one attached hydrogen (secondary N) is 1. The summed E-state index contributed by atoms with van der Waals surface area (Å²) in [6, 6.07) is -0.776. The predicted molar refractivity (Wildman–Crippen MR) is 63.3 cm³/mol. The number of hydrogen-bond donors (Lipinski definition) is 3. The van der Waals surface area contributed by atoms with E-state index in [-0.39, 0.29) is 19.0 Å². The van der Waals surface area contributed by atoms with Gasteiger partial charge in [0.1, 0.15) is 6.04 Å². The summed E-state index contributed by atoms with van der Waals surface area (Å²) in [7, 11) is 0. The molecular formula is C10H19NO4S. The average Bonchev–Trinajstić information content (AvgIpc) is 2.25. The van der Waals surface area contributed by atoms with Crippen LogP contribution in [0.25, 0.3) is 0 Å². The lowest BCUT2D eigenvalue weighted by Gasteiger charge is -2.23. The lowest BCUT2D eigenvalue weighted by atomic mass is 9.93. The van der Waals surface area contributed by atoms with Gasteiger partial charge >= 0.3 is 5.97 Å². The van der Waals surface area contributed by atoms with Gasteiger partial charge in [-0.05, 0) is 20.8 Å². The van der Waals surface area contributed by atoms with Crippen LogP contribution in [0.2, 0.25) is 0 Å². The molecule has 0 aliphatic carbocycles. The Morgan fingerprint density at radius 2 is 2.06 bits per heavy atom. The third-order valence-electron chi connectivity index (χ3n) is 2.07. The van der Waals surface area contributed by atoms with E-state index in [0.717, 1.165) is 0 Å². The minimum absolute atomic E-state index is 0.159. The van der Waals surface area contributed by atoms with Gasteiger partial charge in [0.25, 0.3) is 0 Å². The Morgan fingerprint density at radius 3 is 2.44 bits per heavy atom. The van der Waals surface area contributed by atoms with E-state index in [4.69, 9.17) is 9.84 Å². The number of thiol groups is 1. The van der Waals surface area contributed by atoms with Crippen molar-refractivity contribution in [1.82, 2.24) is 5.32 Å². The molecule has 6 heteroatoms. The predicted octanol–water partition coefficient (Wildman–Crippen LogP) is -0.0174. The second-order valence-corrected chi connectivity index (χ2v) is 4.37.